The van der Waals surface area contributed by atoms with Gasteiger partial charge in [0, 0.05) is 13.1 Å². The fourth-order valence-electron chi connectivity index (χ4n) is 3.44. The van der Waals surface area contributed by atoms with Crippen LogP contribution < -0.4 is 16.6 Å². The van der Waals surface area contributed by atoms with Crippen LogP contribution in [0, 0.1) is 23.7 Å². The van der Waals surface area contributed by atoms with Crippen LogP contribution in [-0.2, 0) is 19.6 Å². The lowest BCUT2D eigenvalue weighted by molar-refractivity contribution is -0.141. The molecule has 0 radical (unpaired) electrons. The van der Waals surface area contributed by atoms with Gasteiger partial charge in [-0.15, -0.1) is 4.41 Å². The van der Waals surface area contributed by atoms with Crippen LogP contribution in [0.25, 0.3) is 6.08 Å². The van der Waals surface area contributed by atoms with Crippen LogP contribution in [0.2, 0.25) is 0 Å². The Morgan fingerprint density at radius 2 is 1.70 bits per heavy atom. The highest BCUT2D eigenvalue weighted by Crippen LogP contribution is 2.26. The third-order valence-electron chi connectivity index (χ3n) is 4.97. The van der Waals surface area contributed by atoms with Gasteiger partial charge in [0.15, 0.2) is 0 Å². The normalized spacial score (nSPS) is 14.1. The Morgan fingerprint density at radius 1 is 1.06 bits per heavy atom. The molecule has 0 aromatic heterocycles. The first-order chi connectivity index (χ1) is 15.5. The first-order valence-corrected chi connectivity index (χ1v) is 12.8. The number of hydrogen-bond acceptors (Lipinski definition) is 6. The fraction of sp³-hybridized carbons (Fsp3) is 0.565. The minimum absolute atomic E-state index is 0.0482. The summed E-state index contributed by atoms with van der Waals surface area (Å²) < 4.78 is 26.2. The number of benzene rings is 1. The van der Waals surface area contributed by atoms with Crippen LogP contribution in [0.4, 0.5) is 0 Å². The lowest BCUT2D eigenvalue weighted by Crippen LogP contribution is -2.53. The molecule has 10 heteroatoms. The number of nitrogens with zero attached hydrogens (tertiary/aromatic N) is 1. The highest BCUT2D eigenvalue weighted by atomic mass is 32.2. The molecule has 0 heterocycles. The molecule has 1 aromatic rings. The fourth-order valence-corrected chi connectivity index (χ4v) is 4.71. The van der Waals surface area contributed by atoms with Crippen molar-refractivity contribution in [3.8, 4) is 0 Å². The third-order valence-corrected chi connectivity index (χ3v) is 6.64. The quantitative estimate of drug-likeness (QED) is 0.236. The van der Waals surface area contributed by atoms with Crippen LogP contribution in [0.15, 0.2) is 36.4 Å². The molecule has 9 nitrogen and oxygen atoms in total. The van der Waals surface area contributed by atoms with Gasteiger partial charge in [-0.1, -0.05) is 70.2 Å². The summed E-state index contributed by atoms with van der Waals surface area (Å²) in [6.45, 7) is 7.48. The molecular weight excluding hydrogens is 444 g/mol. The molecule has 5 N–H and O–H groups in total. The molecule has 2 atom stereocenters. The number of carbonyl (C=O) groups is 2. The van der Waals surface area contributed by atoms with Crippen molar-refractivity contribution < 1.29 is 23.2 Å². The Labute approximate surface area is 197 Å². The molecular formula is C23H38N4O5S. The summed E-state index contributed by atoms with van der Waals surface area (Å²) in [5.74, 6) is -3.36. The van der Waals surface area contributed by atoms with E-state index in [-0.39, 0.29) is 37.1 Å². The molecule has 0 aliphatic carbocycles. The Morgan fingerprint density at radius 3 is 2.21 bits per heavy atom. The lowest BCUT2D eigenvalue weighted by Gasteiger charge is -2.30. The van der Waals surface area contributed by atoms with Crippen molar-refractivity contribution in [2.24, 2.45) is 29.4 Å². The highest BCUT2D eigenvalue weighted by molar-refractivity contribution is 7.89. The van der Waals surface area contributed by atoms with Gasteiger partial charge in [0.25, 0.3) is 0 Å². The third kappa shape index (κ3) is 10.0. The van der Waals surface area contributed by atoms with Crippen molar-refractivity contribution in [3.63, 3.8) is 0 Å². The standard InChI is InChI=1S/C23H38N4O5S/c1-17(2)15-21(22(28)25-27(16-18(3)4)33(31,32)14-13-24)20(23(29)26-30)12-8-11-19-9-6-5-7-10-19/h5-11,17-18,20-21,30H,12-16,24H2,1-4H3,(H,25,28)(H,26,29)/b11-8+/t20-,21+/m0/s1. The monoisotopic (exact) mass is 482 g/mol. The summed E-state index contributed by atoms with van der Waals surface area (Å²) in [6, 6.07) is 9.48. The number of amides is 2. The van der Waals surface area contributed by atoms with Gasteiger partial charge in [0.1, 0.15) is 0 Å². The maximum atomic E-state index is 13.3. The van der Waals surface area contributed by atoms with Crippen LogP contribution >= 0.6 is 0 Å². The summed E-state index contributed by atoms with van der Waals surface area (Å²) in [5.41, 5.74) is 10.5. The minimum atomic E-state index is -3.82. The number of sulfonamides is 1. The number of hydrazine groups is 1. The largest absolute Gasteiger partial charge is 0.329 e. The van der Waals surface area contributed by atoms with E-state index in [2.05, 4.69) is 5.43 Å². The maximum absolute atomic E-state index is 13.3. The van der Waals surface area contributed by atoms with Crippen LogP contribution in [0.5, 0.6) is 0 Å². The summed E-state index contributed by atoms with van der Waals surface area (Å²) in [4.78, 5) is 25.8. The second-order valence-electron chi connectivity index (χ2n) is 8.87. The van der Waals surface area contributed by atoms with Gasteiger partial charge < -0.3 is 5.73 Å². The Hall–Kier alpha value is -2.27. The predicted molar refractivity (Wildman–Crippen MR) is 129 cm³/mol. The Bertz CT molecular complexity index is 872. The van der Waals surface area contributed by atoms with Gasteiger partial charge in [-0.2, -0.15) is 0 Å². The molecule has 0 fully saturated rings. The van der Waals surface area contributed by atoms with Crippen molar-refractivity contribution in [1.29, 1.82) is 0 Å². The zero-order valence-corrected chi connectivity index (χ0v) is 20.7. The van der Waals surface area contributed by atoms with Gasteiger partial charge in [-0.3, -0.25) is 20.2 Å². The number of nitrogens with two attached hydrogens (primary N) is 1. The number of nitrogens with one attached hydrogen (secondary N) is 2. The molecule has 186 valence electrons. The minimum Gasteiger partial charge on any atom is -0.329 e. The van der Waals surface area contributed by atoms with Gasteiger partial charge in [0.2, 0.25) is 21.8 Å². The summed E-state index contributed by atoms with van der Waals surface area (Å²) in [6.07, 6.45) is 4.12. The molecule has 0 saturated carbocycles. The summed E-state index contributed by atoms with van der Waals surface area (Å²) in [7, 11) is -3.82. The number of hydroxylamine groups is 1. The average Bonchev–Trinajstić information content (AvgIpc) is 2.74. The highest BCUT2D eigenvalue weighted by Gasteiger charge is 2.36. The van der Waals surface area contributed by atoms with E-state index in [1.54, 1.807) is 11.6 Å². The van der Waals surface area contributed by atoms with Crippen LogP contribution in [0.3, 0.4) is 0 Å². The van der Waals surface area contributed by atoms with Crippen molar-refractivity contribution in [3.05, 3.63) is 42.0 Å². The van der Waals surface area contributed by atoms with E-state index < -0.39 is 33.7 Å². The molecule has 0 aliphatic heterocycles. The number of carbonyl (C=O) groups excluding carboxylic acids is 2. The molecule has 0 aliphatic rings. The van der Waals surface area contributed by atoms with Crippen molar-refractivity contribution in [2.45, 2.75) is 40.5 Å². The van der Waals surface area contributed by atoms with E-state index in [4.69, 9.17) is 5.73 Å². The van der Waals surface area contributed by atoms with Gasteiger partial charge >= 0.3 is 0 Å². The van der Waals surface area contributed by atoms with Crippen molar-refractivity contribution >= 4 is 27.9 Å². The van der Waals surface area contributed by atoms with Gasteiger partial charge in [-0.05, 0) is 30.2 Å². The smallest absolute Gasteiger partial charge is 0.247 e. The van der Waals surface area contributed by atoms with E-state index >= 15 is 0 Å². The SMILES string of the molecule is CC(C)C[C@@H](C(=O)NN(CC(C)C)S(=O)(=O)CCN)[C@H](C/C=C/c1ccccc1)C(=O)NO. The van der Waals surface area contributed by atoms with Gasteiger partial charge in [0.05, 0.1) is 17.6 Å². The van der Waals surface area contributed by atoms with Gasteiger partial charge in [-0.25, -0.2) is 13.9 Å². The van der Waals surface area contributed by atoms with Crippen LogP contribution in [-0.4, -0.2) is 48.7 Å². The Balaban J connectivity index is 3.19. The number of allylic oxidation sites excluding steroid dienone is 1. The van der Waals surface area contributed by atoms with E-state index in [0.29, 0.717) is 6.42 Å². The molecule has 1 rings (SSSR count). The first kappa shape index (κ1) is 28.8. The van der Waals surface area contributed by atoms with Crippen LogP contribution in [0.1, 0.15) is 46.1 Å². The predicted octanol–water partition coefficient (Wildman–Crippen LogP) is 2.15. The zero-order chi connectivity index (χ0) is 25.0. The van der Waals surface area contributed by atoms with E-state index in [0.717, 1.165) is 9.98 Å². The molecule has 1 aromatic carbocycles. The second kappa shape index (κ2) is 14.1. The van der Waals surface area contributed by atoms with Crippen molar-refractivity contribution in [2.75, 3.05) is 18.8 Å². The molecule has 0 saturated heterocycles. The summed E-state index contributed by atoms with van der Waals surface area (Å²) >= 11 is 0. The summed E-state index contributed by atoms with van der Waals surface area (Å²) in [5, 5.41) is 9.31. The maximum Gasteiger partial charge on any atom is 0.247 e. The molecule has 2 amide bonds. The second-order valence-corrected chi connectivity index (χ2v) is 10.9. The molecule has 0 spiro atoms. The molecule has 0 bridgehead atoms. The molecule has 0 unspecified atom stereocenters. The molecule has 33 heavy (non-hydrogen) atoms. The number of rotatable bonds is 14. The van der Waals surface area contributed by atoms with E-state index in [1.165, 1.54) is 0 Å². The lowest BCUT2D eigenvalue weighted by atomic mass is 9.82. The average molecular weight is 483 g/mol. The van der Waals surface area contributed by atoms with Crippen molar-refractivity contribution in [1.82, 2.24) is 15.3 Å². The zero-order valence-electron chi connectivity index (χ0n) is 19.9. The van der Waals surface area contributed by atoms with E-state index in [1.807, 2.05) is 64.1 Å². The topological polar surface area (TPSA) is 142 Å². The number of hydrogen-bond donors (Lipinski definition) is 4. The van der Waals surface area contributed by atoms with E-state index in [9.17, 15) is 23.2 Å². The first-order valence-electron chi connectivity index (χ1n) is 11.2. The Kier molecular flexibility index (Phi) is 12.3.